The summed E-state index contributed by atoms with van der Waals surface area (Å²) >= 11 is 0. The minimum Gasteiger partial charge on any atom is -0.508 e. The highest BCUT2D eigenvalue weighted by Gasteiger charge is 2.24. The molecule has 21 heavy (non-hydrogen) atoms. The maximum atomic E-state index is 11.8. The number of benzene rings is 1. The first kappa shape index (κ1) is 16.4. The lowest BCUT2D eigenvalue weighted by molar-refractivity contribution is -0.143. The third-order valence-corrected chi connectivity index (χ3v) is 2.75. The molecule has 0 saturated heterocycles. The molecule has 1 aromatic carbocycles. The SMILES string of the molecule is NC(=O)C[C@H](NC(=O)[C@H](N)Cc1ccc(O)cc1)C(=O)O. The van der Waals surface area contributed by atoms with Gasteiger partial charge < -0.3 is 27.0 Å². The molecule has 1 aromatic rings. The molecule has 7 N–H and O–H groups in total. The van der Waals surface area contributed by atoms with Gasteiger partial charge in [0.2, 0.25) is 11.8 Å². The van der Waals surface area contributed by atoms with Crippen LogP contribution in [0.5, 0.6) is 5.75 Å². The van der Waals surface area contributed by atoms with Crippen LogP contribution in [-0.2, 0) is 20.8 Å². The Bertz CT molecular complexity index is 529. The van der Waals surface area contributed by atoms with Crippen molar-refractivity contribution in [3.63, 3.8) is 0 Å². The largest absolute Gasteiger partial charge is 0.508 e. The van der Waals surface area contributed by atoms with E-state index in [1.807, 2.05) is 0 Å². The van der Waals surface area contributed by atoms with Gasteiger partial charge in [0.15, 0.2) is 0 Å². The summed E-state index contributed by atoms with van der Waals surface area (Å²) in [6, 6.07) is 3.71. The van der Waals surface area contributed by atoms with Crippen LogP contribution in [-0.4, -0.2) is 40.1 Å². The van der Waals surface area contributed by atoms with Crippen LogP contribution in [0.3, 0.4) is 0 Å². The number of aromatic hydroxyl groups is 1. The van der Waals surface area contributed by atoms with Gasteiger partial charge in [-0.1, -0.05) is 12.1 Å². The number of nitrogens with two attached hydrogens (primary N) is 2. The average molecular weight is 295 g/mol. The second-order valence-electron chi connectivity index (χ2n) is 4.55. The number of carbonyl (C=O) groups is 3. The number of phenolic OH excluding ortho intramolecular Hbond substituents is 1. The van der Waals surface area contributed by atoms with E-state index in [-0.39, 0.29) is 12.2 Å². The molecule has 8 nitrogen and oxygen atoms in total. The van der Waals surface area contributed by atoms with Crippen LogP contribution < -0.4 is 16.8 Å². The van der Waals surface area contributed by atoms with E-state index in [2.05, 4.69) is 5.32 Å². The Labute approximate surface area is 120 Å². The summed E-state index contributed by atoms with van der Waals surface area (Å²) in [6.07, 6.45) is -0.345. The molecular formula is C13H17N3O5. The fourth-order valence-corrected chi connectivity index (χ4v) is 1.66. The van der Waals surface area contributed by atoms with Crippen molar-refractivity contribution in [3.8, 4) is 5.75 Å². The van der Waals surface area contributed by atoms with Gasteiger partial charge in [-0.05, 0) is 24.1 Å². The first-order valence-electron chi connectivity index (χ1n) is 6.14. The molecule has 1 rings (SSSR count). The Kier molecular flexibility index (Phi) is 5.67. The van der Waals surface area contributed by atoms with Crippen LogP contribution in [0.4, 0.5) is 0 Å². The number of carboxylic acids is 1. The van der Waals surface area contributed by atoms with E-state index in [0.29, 0.717) is 5.56 Å². The number of carboxylic acid groups (broad SMARTS) is 1. The first-order chi connectivity index (χ1) is 9.79. The van der Waals surface area contributed by atoms with Gasteiger partial charge in [-0.3, -0.25) is 9.59 Å². The Morgan fingerprint density at radius 2 is 1.76 bits per heavy atom. The highest BCUT2D eigenvalue weighted by Crippen LogP contribution is 2.11. The topological polar surface area (TPSA) is 156 Å². The van der Waals surface area contributed by atoms with E-state index < -0.39 is 36.3 Å². The molecule has 2 atom stereocenters. The van der Waals surface area contributed by atoms with E-state index >= 15 is 0 Å². The molecule has 0 aromatic heterocycles. The van der Waals surface area contributed by atoms with Crippen molar-refractivity contribution < 1.29 is 24.6 Å². The molecule has 0 spiro atoms. The van der Waals surface area contributed by atoms with Gasteiger partial charge in [0.05, 0.1) is 12.5 Å². The zero-order chi connectivity index (χ0) is 16.0. The Hall–Kier alpha value is -2.61. The molecule has 0 aliphatic heterocycles. The number of nitrogens with one attached hydrogen (secondary N) is 1. The van der Waals surface area contributed by atoms with E-state index in [0.717, 1.165) is 0 Å². The average Bonchev–Trinajstić information content (AvgIpc) is 2.39. The van der Waals surface area contributed by atoms with Crippen molar-refractivity contribution in [2.24, 2.45) is 11.5 Å². The quantitative estimate of drug-likeness (QED) is 0.421. The molecule has 8 heteroatoms. The standard InChI is InChI=1S/C13H17N3O5/c14-9(5-7-1-3-8(17)4-2-7)12(19)16-10(13(20)21)6-11(15)18/h1-4,9-10,17H,5-6,14H2,(H2,15,18)(H,16,19)(H,20,21)/t9-,10+/m1/s1. The molecule has 2 amide bonds. The molecule has 0 bridgehead atoms. The van der Waals surface area contributed by atoms with Gasteiger partial charge >= 0.3 is 5.97 Å². The van der Waals surface area contributed by atoms with E-state index in [1.54, 1.807) is 12.1 Å². The molecular weight excluding hydrogens is 278 g/mol. The number of aliphatic carboxylic acids is 1. The monoisotopic (exact) mass is 295 g/mol. The van der Waals surface area contributed by atoms with Crippen LogP contribution >= 0.6 is 0 Å². The predicted molar refractivity (Wildman–Crippen MR) is 73.2 cm³/mol. The summed E-state index contributed by atoms with van der Waals surface area (Å²) in [6.45, 7) is 0. The van der Waals surface area contributed by atoms with Gasteiger partial charge in [-0.15, -0.1) is 0 Å². The Balaban J connectivity index is 2.62. The Morgan fingerprint density at radius 1 is 1.19 bits per heavy atom. The summed E-state index contributed by atoms with van der Waals surface area (Å²) in [5.41, 5.74) is 11.3. The van der Waals surface area contributed by atoms with Crippen molar-refractivity contribution in [3.05, 3.63) is 29.8 Å². The number of rotatable bonds is 7. The number of hydrogen-bond donors (Lipinski definition) is 5. The van der Waals surface area contributed by atoms with Crippen molar-refractivity contribution in [1.29, 1.82) is 0 Å². The predicted octanol–water partition coefficient (Wildman–Crippen LogP) is -1.29. The number of hydrogen-bond acceptors (Lipinski definition) is 5. The van der Waals surface area contributed by atoms with Gasteiger partial charge in [0, 0.05) is 0 Å². The molecule has 0 radical (unpaired) electrons. The number of amides is 2. The van der Waals surface area contributed by atoms with Crippen molar-refractivity contribution in [2.45, 2.75) is 24.9 Å². The highest BCUT2D eigenvalue weighted by atomic mass is 16.4. The lowest BCUT2D eigenvalue weighted by Gasteiger charge is -2.16. The molecule has 0 aliphatic rings. The van der Waals surface area contributed by atoms with E-state index in [1.165, 1.54) is 12.1 Å². The third-order valence-electron chi connectivity index (χ3n) is 2.75. The molecule has 0 aliphatic carbocycles. The van der Waals surface area contributed by atoms with Gasteiger partial charge in [0.25, 0.3) is 0 Å². The number of primary amides is 1. The lowest BCUT2D eigenvalue weighted by Crippen LogP contribution is -2.50. The first-order valence-corrected chi connectivity index (χ1v) is 6.14. The molecule has 0 unspecified atom stereocenters. The zero-order valence-electron chi connectivity index (χ0n) is 11.2. The highest BCUT2D eigenvalue weighted by molar-refractivity contribution is 5.90. The fraction of sp³-hybridized carbons (Fsp3) is 0.308. The van der Waals surface area contributed by atoms with Crippen molar-refractivity contribution in [2.75, 3.05) is 0 Å². The Morgan fingerprint density at radius 3 is 2.24 bits per heavy atom. The lowest BCUT2D eigenvalue weighted by atomic mass is 10.1. The summed E-state index contributed by atoms with van der Waals surface area (Å²) in [5.74, 6) is -2.81. The van der Waals surface area contributed by atoms with E-state index in [4.69, 9.17) is 21.7 Å². The van der Waals surface area contributed by atoms with Crippen LogP contribution in [0.1, 0.15) is 12.0 Å². The molecule has 0 saturated carbocycles. The van der Waals surface area contributed by atoms with Crippen molar-refractivity contribution in [1.82, 2.24) is 5.32 Å². The normalized spacial score (nSPS) is 13.2. The van der Waals surface area contributed by atoms with Crippen LogP contribution in [0.15, 0.2) is 24.3 Å². The van der Waals surface area contributed by atoms with Gasteiger partial charge in [-0.2, -0.15) is 0 Å². The number of carbonyl (C=O) groups excluding carboxylic acids is 2. The number of phenols is 1. The molecule has 0 heterocycles. The molecule has 114 valence electrons. The minimum absolute atomic E-state index is 0.0872. The summed E-state index contributed by atoms with van der Waals surface area (Å²) in [7, 11) is 0. The van der Waals surface area contributed by atoms with Crippen LogP contribution in [0, 0.1) is 0 Å². The summed E-state index contributed by atoms with van der Waals surface area (Å²) in [5, 5.41) is 20.2. The maximum absolute atomic E-state index is 11.8. The zero-order valence-corrected chi connectivity index (χ0v) is 11.2. The van der Waals surface area contributed by atoms with Crippen LogP contribution in [0.2, 0.25) is 0 Å². The van der Waals surface area contributed by atoms with Gasteiger partial charge in [-0.25, -0.2) is 4.79 Å². The molecule has 0 fully saturated rings. The third kappa shape index (κ3) is 5.49. The van der Waals surface area contributed by atoms with Crippen molar-refractivity contribution >= 4 is 17.8 Å². The smallest absolute Gasteiger partial charge is 0.326 e. The maximum Gasteiger partial charge on any atom is 0.326 e. The second kappa shape index (κ2) is 7.25. The second-order valence-corrected chi connectivity index (χ2v) is 4.55. The summed E-state index contributed by atoms with van der Waals surface area (Å²) < 4.78 is 0. The minimum atomic E-state index is -1.40. The van der Waals surface area contributed by atoms with E-state index in [9.17, 15) is 14.4 Å². The van der Waals surface area contributed by atoms with Crippen LogP contribution in [0.25, 0.3) is 0 Å². The van der Waals surface area contributed by atoms with Gasteiger partial charge in [0.1, 0.15) is 11.8 Å². The fourth-order valence-electron chi connectivity index (χ4n) is 1.66. The summed E-state index contributed by atoms with van der Waals surface area (Å²) in [4.78, 5) is 33.4.